The molecule has 0 saturated carbocycles. The van der Waals surface area contributed by atoms with Crippen molar-refractivity contribution in [1.29, 1.82) is 0 Å². The largest absolute Gasteiger partial charge is 0.335 e. The number of hydrogen-bond acceptors (Lipinski definition) is 5. The molecule has 1 aliphatic heterocycles. The van der Waals surface area contributed by atoms with E-state index >= 15 is 0 Å². The summed E-state index contributed by atoms with van der Waals surface area (Å²) in [5, 5.41) is 0. The standard InChI is InChI=1S/C15H30N6/c1-4-7-21-10-6-17-15(21)11-13(18-16)14-12-19(2)8-5-9-20(14)3/h6,10,13-14,18H,4-5,7-9,11-12,16H2,1-3H3. The van der Waals surface area contributed by atoms with E-state index < -0.39 is 0 Å². The van der Waals surface area contributed by atoms with Gasteiger partial charge in [-0.1, -0.05) is 6.92 Å². The van der Waals surface area contributed by atoms with Crippen molar-refractivity contribution < 1.29 is 0 Å². The Hall–Kier alpha value is -0.950. The number of nitrogens with zero attached hydrogens (tertiary/aromatic N) is 4. The summed E-state index contributed by atoms with van der Waals surface area (Å²) in [6.45, 7) is 6.53. The lowest BCUT2D eigenvalue weighted by atomic mass is 10.0. The number of nitrogens with one attached hydrogen (secondary N) is 1. The Morgan fingerprint density at radius 2 is 2.24 bits per heavy atom. The summed E-state index contributed by atoms with van der Waals surface area (Å²) in [7, 11) is 4.39. The number of aromatic nitrogens is 2. The fourth-order valence-electron chi connectivity index (χ4n) is 3.22. The monoisotopic (exact) mass is 294 g/mol. The van der Waals surface area contributed by atoms with Crippen molar-refractivity contribution in [2.24, 2.45) is 5.84 Å². The van der Waals surface area contributed by atoms with Crippen LogP contribution in [0.1, 0.15) is 25.6 Å². The predicted octanol–water partition coefficient (Wildman–Crippen LogP) is 0.303. The van der Waals surface area contributed by atoms with Gasteiger partial charge in [-0.25, -0.2) is 4.98 Å². The van der Waals surface area contributed by atoms with E-state index in [-0.39, 0.29) is 6.04 Å². The van der Waals surface area contributed by atoms with E-state index in [0.29, 0.717) is 6.04 Å². The number of likely N-dealkylation sites (N-methyl/N-ethyl adjacent to an activating group) is 2. The highest BCUT2D eigenvalue weighted by Crippen LogP contribution is 2.14. The zero-order valence-corrected chi connectivity index (χ0v) is 13.6. The lowest BCUT2D eigenvalue weighted by Gasteiger charge is -2.34. The second kappa shape index (κ2) is 7.89. The Morgan fingerprint density at radius 1 is 1.43 bits per heavy atom. The van der Waals surface area contributed by atoms with Crippen LogP contribution in [0.25, 0.3) is 0 Å². The van der Waals surface area contributed by atoms with Crippen molar-refractivity contribution in [1.82, 2.24) is 24.8 Å². The molecule has 21 heavy (non-hydrogen) atoms. The van der Waals surface area contributed by atoms with Gasteiger partial charge in [0.2, 0.25) is 0 Å². The highest BCUT2D eigenvalue weighted by molar-refractivity contribution is 4.99. The molecule has 2 atom stereocenters. The molecule has 120 valence electrons. The number of imidazole rings is 1. The molecule has 2 heterocycles. The fourth-order valence-corrected chi connectivity index (χ4v) is 3.22. The van der Waals surface area contributed by atoms with Gasteiger partial charge in [0.25, 0.3) is 0 Å². The molecule has 6 heteroatoms. The van der Waals surface area contributed by atoms with Crippen LogP contribution in [0, 0.1) is 0 Å². The number of hydrazine groups is 1. The summed E-state index contributed by atoms with van der Waals surface area (Å²) in [4.78, 5) is 9.35. The second-order valence-electron chi connectivity index (χ2n) is 6.18. The smallest absolute Gasteiger partial charge is 0.110 e. The lowest BCUT2D eigenvalue weighted by molar-refractivity contribution is 0.175. The van der Waals surface area contributed by atoms with Gasteiger partial charge in [0.1, 0.15) is 5.82 Å². The van der Waals surface area contributed by atoms with Crippen molar-refractivity contribution in [3.05, 3.63) is 18.2 Å². The maximum atomic E-state index is 5.87. The minimum atomic E-state index is 0.216. The van der Waals surface area contributed by atoms with Crippen LogP contribution < -0.4 is 11.3 Å². The van der Waals surface area contributed by atoms with Gasteiger partial charge in [-0.2, -0.15) is 0 Å². The number of nitrogens with two attached hydrogens (primary N) is 1. The first-order valence-electron chi connectivity index (χ1n) is 8.00. The average molecular weight is 294 g/mol. The fraction of sp³-hybridized carbons (Fsp3) is 0.800. The molecule has 0 spiro atoms. The first-order chi connectivity index (χ1) is 10.2. The second-order valence-corrected chi connectivity index (χ2v) is 6.18. The van der Waals surface area contributed by atoms with Crippen LogP contribution in [0.5, 0.6) is 0 Å². The van der Waals surface area contributed by atoms with Crippen LogP contribution in [0.4, 0.5) is 0 Å². The van der Waals surface area contributed by atoms with Crippen molar-refractivity contribution in [3.8, 4) is 0 Å². The quantitative estimate of drug-likeness (QED) is 0.584. The van der Waals surface area contributed by atoms with Crippen LogP contribution in [0.2, 0.25) is 0 Å². The Morgan fingerprint density at radius 3 is 2.95 bits per heavy atom. The van der Waals surface area contributed by atoms with E-state index in [0.717, 1.165) is 44.8 Å². The van der Waals surface area contributed by atoms with Crippen LogP contribution in [-0.4, -0.2) is 65.2 Å². The molecule has 0 amide bonds. The predicted molar refractivity (Wildman–Crippen MR) is 85.9 cm³/mol. The zero-order valence-electron chi connectivity index (χ0n) is 13.6. The summed E-state index contributed by atoms with van der Waals surface area (Å²) in [6.07, 6.45) is 7.16. The topological polar surface area (TPSA) is 62.4 Å². The minimum absolute atomic E-state index is 0.216. The summed E-state index contributed by atoms with van der Waals surface area (Å²) in [6, 6.07) is 0.628. The molecular formula is C15H30N6. The Labute approximate surface area is 128 Å². The lowest BCUT2D eigenvalue weighted by Crippen LogP contribution is -2.55. The third-order valence-corrected chi connectivity index (χ3v) is 4.46. The molecule has 6 nitrogen and oxygen atoms in total. The molecule has 2 rings (SSSR count). The van der Waals surface area contributed by atoms with Crippen LogP contribution in [0.15, 0.2) is 12.4 Å². The van der Waals surface area contributed by atoms with Gasteiger partial charge in [0, 0.05) is 44.0 Å². The van der Waals surface area contributed by atoms with Crippen molar-refractivity contribution in [3.63, 3.8) is 0 Å². The minimum Gasteiger partial charge on any atom is -0.335 e. The molecule has 3 N–H and O–H groups in total. The SMILES string of the molecule is CCCn1ccnc1CC(NN)C1CN(C)CCCN1C. The summed E-state index contributed by atoms with van der Waals surface area (Å²) >= 11 is 0. The normalized spacial score (nSPS) is 23.1. The molecular weight excluding hydrogens is 264 g/mol. The highest BCUT2D eigenvalue weighted by atomic mass is 15.3. The third-order valence-electron chi connectivity index (χ3n) is 4.46. The third kappa shape index (κ3) is 4.26. The van der Waals surface area contributed by atoms with E-state index in [2.05, 4.69) is 52.0 Å². The van der Waals surface area contributed by atoms with E-state index in [4.69, 9.17) is 5.84 Å². The number of hydrogen-bond donors (Lipinski definition) is 2. The summed E-state index contributed by atoms with van der Waals surface area (Å²) in [5.41, 5.74) is 3.04. The van der Waals surface area contributed by atoms with E-state index in [1.807, 2.05) is 6.20 Å². The van der Waals surface area contributed by atoms with Crippen LogP contribution in [-0.2, 0) is 13.0 Å². The Kier molecular flexibility index (Phi) is 6.17. The van der Waals surface area contributed by atoms with Gasteiger partial charge in [0.05, 0.1) is 0 Å². The number of rotatable bonds is 6. The van der Waals surface area contributed by atoms with Crippen LogP contribution in [0.3, 0.4) is 0 Å². The summed E-state index contributed by atoms with van der Waals surface area (Å²) < 4.78 is 2.24. The molecule has 1 aromatic heterocycles. The first-order valence-corrected chi connectivity index (χ1v) is 8.00. The van der Waals surface area contributed by atoms with Crippen molar-refractivity contribution in [2.75, 3.05) is 33.7 Å². The maximum absolute atomic E-state index is 5.87. The molecule has 1 saturated heterocycles. The zero-order chi connectivity index (χ0) is 15.2. The van der Waals surface area contributed by atoms with E-state index in [1.54, 1.807) is 0 Å². The van der Waals surface area contributed by atoms with Gasteiger partial charge >= 0.3 is 0 Å². The van der Waals surface area contributed by atoms with Gasteiger partial charge in [0.15, 0.2) is 0 Å². The molecule has 0 bridgehead atoms. The van der Waals surface area contributed by atoms with E-state index in [9.17, 15) is 0 Å². The average Bonchev–Trinajstić information content (AvgIpc) is 2.82. The molecule has 1 fully saturated rings. The van der Waals surface area contributed by atoms with Crippen LogP contribution >= 0.6 is 0 Å². The molecule has 0 aliphatic carbocycles. The molecule has 0 radical (unpaired) electrons. The molecule has 0 aromatic carbocycles. The molecule has 1 aromatic rings. The van der Waals surface area contributed by atoms with E-state index in [1.165, 1.54) is 6.42 Å². The molecule has 1 aliphatic rings. The van der Waals surface area contributed by atoms with Crippen molar-refractivity contribution in [2.45, 2.75) is 44.8 Å². The van der Waals surface area contributed by atoms with Gasteiger partial charge in [-0.05, 0) is 40.0 Å². The summed E-state index contributed by atoms with van der Waals surface area (Å²) in [5.74, 6) is 7.00. The Bertz CT molecular complexity index is 418. The first kappa shape index (κ1) is 16.4. The molecule has 2 unspecified atom stereocenters. The van der Waals surface area contributed by atoms with Gasteiger partial charge in [-0.15, -0.1) is 0 Å². The van der Waals surface area contributed by atoms with Gasteiger partial charge in [-0.3, -0.25) is 11.3 Å². The highest BCUT2D eigenvalue weighted by Gasteiger charge is 2.28. The number of aryl methyl sites for hydroxylation is 1. The Balaban J connectivity index is 2.08. The van der Waals surface area contributed by atoms with Gasteiger partial charge < -0.3 is 14.4 Å². The van der Waals surface area contributed by atoms with Crippen molar-refractivity contribution >= 4 is 0 Å². The maximum Gasteiger partial charge on any atom is 0.110 e.